The molecule has 4 atom stereocenters. The minimum Gasteiger partial charge on any atom is -0.120 e. The normalized spacial score (nSPS) is 47.3. The first-order valence-electron chi connectivity index (χ1n) is 4.45. The summed E-state index contributed by atoms with van der Waals surface area (Å²) in [5.41, 5.74) is 0. The van der Waals surface area contributed by atoms with E-state index in [1.54, 1.807) is 0 Å². The molecule has 0 aromatic heterocycles. The number of hydrogen-bond acceptors (Lipinski definition) is 0. The van der Waals surface area contributed by atoms with Crippen molar-refractivity contribution in [1.29, 1.82) is 0 Å². The second-order valence-corrected chi connectivity index (χ2v) is 3.78. The van der Waals surface area contributed by atoms with E-state index in [9.17, 15) is 0 Å². The molecule has 3 aliphatic rings. The molecule has 0 heterocycles. The molecule has 0 saturated heterocycles. The molecule has 0 aliphatic heterocycles. The lowest BCUT2D eigenvalue weighted by atomic mass is 9.71. The average Bonchev–Trinajstić information content (AvgIpc) is 2.45. The van der Waals surface area contributed by atoms with Gasteiger partial charge in [0.25, 0.3) is 0 Å². The molecule has 2 bridgehead atoms. The molecule has 0 N–H and O–H groups in total. The van der Waals surface area contributed by atoms with E-state index in [0.717, 1.165) is 17.8 Å². The molecule has 3 fully saturated rings. The summed E-state index contributed by atoms with van der Waals surface area (Å²) in [6.45, 7) is 2.10. The van der Waals surface area contributed by atoms with Gasteiger partial charge in [0, 0.05) is 5.92 Å². The molecule has 0 heteroatoms. The van der Waals surface area contributed by atoms with E-state index in [4.69, 9.17) is 6.42 Å². The molecule has 0 radical (unpaired) electrons. The molecule has 4 unspecified atom stereocenters. The van der Waals surface area contributed by atoms with Crippen LogP contribution in [0.15, 0.2) is 12.2 Å². The maximum Gasteiger partial charge on any atom is 0.0262 e. The van der Waals surface area contributed by atoms with Gasteiger partial charge >= 0.3 is 0 Å². The highest BCUT2D eigenvalue weighted by molar-refractivity contribution is 5.16. The van der Waals surface area contributed by atoms with Crippen LogP contribution in [0.1, 0.15) is 19.8 Å². The van der Waals surface area contributed by atoms with Gasteiger partial charge < -0.3 is 0 Å². The molecule has 3 aliphatic carbocycles. The fraction of sp³-hybridized carbons (Fsp3) is 0.636. The van der Waals surface area contributed by atoms with Crippen LogP contribution in [0.2, 0.25) is 0 Å². The summed E-state index contributed by atoms with van der Waals surface area (Å²) in [5.74, 6) is 6.05. The van der Waals surface area contributed by atoms with E-state index in [0.29, 0.717) is 5.92 Å². The number of terminal acetylenes is 1. The summed E-state index contributed by atoms with van der Waals surface area (Å²) in [5, 5.41) is 0. The molecule has 3 rings (SSSR count). The van der Waals surface area contributed by atoms with Gasteiger partial charge in [-0.25, -0.2) is 0 Å². The molecular formula is C11H14. The highest BCUT2D eigenvalue weighted by Gasteiger charge is 2.50. The van der Waals surface area contributed by atoms with Crippen molar-refractivity contribution in [3.05, 3.63) is 12.2 Å². The first kappa shape index (κ1) is 6.98. The number of hydrogen-bond donors (Lipinski definition) is 0. The lowest BCUT2D eigenvalue weighted by Crippen LogP contribution is -2.27. The van der Waals surface area contributed by atoms with E-state index in [1.807, 2.05) is 0 Å². The van der Waals surface area contributed by atoms with Gasteiger partial charge in [0.2, 0.25) is 0 Å². The van der Waals surface area contributed by atoms with Gasteiger partial charge in [0.15, 0.2) is 0 Å². The monoisotopic (exact) mass is 146 g/mol. The summed E-state index contributed by atoms with van der Waals surface area (Å²) in [6.07, 6.45) is 12.7. The number of rotatable bonds is 1. The van der Waals surface area contributed by atoms with E-state index in [1.165, 1.54) is 12.8 Å². The van der Waals surface area contributed by atoms with Gasteiger partial charge in [-0.1, -0.05) is 12.2 Å². The Morgan fingerprint density at radius 1 is 1.45 bits per heavy atom. The van der Waals surface area contributed by atoms with E-state index < -0.39 is 0 Å². The number of allylic oxidation sites excluding steroid dienone is 2. The van der Waals surface area contributed by atoms with Crippen molar-refractivity contribution in [3.8, 4) is 12.3 Å². The van der Waals surface area contributed by atoms with Crippen LogP contribution in [0.25, 0.3) is 0 Å². The van der Waals surface area contributed by atoms with Crippen molar-refractivity contribution in [2.75, 3.05) is 0 Å². The summed E-state index contributed by atoms with van der Waals surface area (Å²) in [4.78, 5) is 0. The zero-order valence-corrected chi connectivity index (χ0v) is 6.96. The summed E-state index contributed by atoms with van der Waals surface area (Å²) in [7, 11) is 0. The van der Waals surface area contributed by atoms with Crippen LogP contribution in [0.5, 0.6) is 0 Å². The van der Waals surface area contributed by atoms with Gasteiger partial charge in [-0.2, -0.15) is 0 Å². The highest BCUT2D eigenvalue weighted by Crippen LogP contribution is 2.56. The predicted octanol–water partition coefficient (Wildman–Crippen LogP) is 2.47. The zero-order valence-electron chi connectivity index (χ0n) is 6.96. The molecule has 0 spiro atoms. The van der Waals surface area contributed by atoms with Crippen LogP contribution in [0.4, 0.5) is 0 Å². The molecule has 3 saturated carbocycles. The fourth-order valence-corrected chi connectivity index (χ4v) is 2.73. The third-order valence-corrected chi connectivity index (χ3v) is 3.30. The molecule has 58 valence electrons. The van der Waals surface area contributed by atoms with Crippen LogP contribution in [0.3, 0.4) is 0 Å². The topological polar surface area (TPSA) is 0 Å². The quantitative estimate of drug-likeness (QED) is 0.394. The molecule has 0 nitrogen and oxygen atoms in total. The smallest absolute Gasteiger partial charge is 0.0262 e. The maximum absolute atomic E-state index is 5.44. The van der Waals surface area contributed by atoms with Crippen molar-refractivity contribution in [3.63, 3.8) is 0 Å². The predicted molar refractivity (Wildman–Crippen MR) is 46.8 cm³/mol. The van der Waals surface area contributed by atoms with Crippen LogP contribution in [-0.2, 0) is 0 Å². The third kappa shape index (κ3) is 0.839. The standard InChI is InChI=1S/C11H14/c1-3-5-8-6-9-7-11(8)10(9)4-2/h2-3,5,8-11H,6-7H2,1H3/b5-3+. The Morgan fingerprint density at radius 2 is 2.27 bits per heavy atom. The van der Waals surface area contributed by atoms with E-state index in [2.05, 4.69) is 25.0 Å². The van der Waals surface area contributed by atoms with Gasteiger partial charge in [0.05, 0.1) is 0 Å². The van der Waals surface area contributed by atoms with Crippen molar-refractivity contribution >= 4 is 0 Å². The maximum atomic E-state index is 5.44. The summed E-state index contributed by atoms with van der Waals surface area (Å²) in [6, 6.07) is 0. The van der Waals surface area contributed by atoms with Gasteiger partial charge in [-0.05, 0) is 37.5 Å². The second-order valence-electron chi connectivity index (χ2n) is 3.78. The largest absolute Gasteiger partial charge is 0.120 e. The van der Waals surface area contributed by atoms with Crippen LogP contribution in [0, 0.1) is 36.0 Å². The Labute approximate surface area is 68.7 Å². The average molecular weight is 146 g/mol. The van der Waals surface area contributed by atoms with Gasteiger partial charge in [-0.15, -0.1) is 12.3 Å². The Bertz CT molecular complexity index is 219. The van der Waals surface area contributed by atoms with E-state index in [-0.39, 0.29) is 0 Å². The molecule has 0 aromatic carbocycles. The Balaban J connectivity index is 2.07. The zero-order chi connectivity index (χ0) is 7.84. The van der Waals surface area contributed by atoms with Crippen molar-refractivity contribution in [2.24, 2.45) is 23.7 Å². The van der Waals surface area contributed by atoms with Crippen molar-refractivity contribution in [1.82, 2.24) is 0 Å². The minimum atomic E-state index is 0.621. The molecule has 11 heavy (non-hydrogen) atoms. The molecule has 0 amide bonds. The minimum absolute atomic E-state index is 0.621. The Kier molecular flexibility index (Phi) is 1.53. The van der Waals surface area contributed by atoms with E-state index >= 15 is 0 Å². The first-order chi connectivity index (χ1) is 5.36. The summed E-state index contributed by atoms with van der Waals surface area (Å²) >= 11 is 0. The lowest BCUT2D eigenvalue weighted by Gasteiger charge is -2.32. The second kappa shape index (κ2) is 2.41. The number of fused-ring (bicyclic) bond motifs is 1. The van der Waals surface area contributed by atoms with Crippen LogP contribution in [-0.4, -0.2) is 0 Å². The third-order valence-electron chi connectivity index (χ3n) is 3.30. The van der Waals surface area contributed by atoms with Crippen molar-refractivity contribution < 1.29 is 0 Å². The SMILES string of the molecule is C#CC1C2CC(/C=C/C)C1C2. The fourth-order valence-electron chi connectivity index (χ4n) is 2.73. The van der Waals surface area contributed by atoms with Crippen LogP contribution < -0.4 is 0 Å². The Hall–Kier alpha value is -0.700. The first-order valence-corrected chi connectivity index (χ1v) is 4.45. The summed E-state index contributed by atoms with van der Waals surface area (Å²) < 4.78 is 0. The molecular weight excluding hydrogens is 132 g/mol. The van der Waals surface area contributed by atoms with Gasteiger partial charge in [0.1, 0.15) is 0 Å². The highest BCUT2D eigenvalue weighted by atomic mass is 14.5. The Morgan fingerprint density at radius 3 is 2.82 bits per heavy atom. The van der Waals surface area contributed by atoms with Gasteiger partial charge in [-0.3, -0.25) is 0 Å². The molecule has 0 aromatic rings. The van der Waals surface area contributed by atoms with Crippen LogP contribution >= 0.6 is 0 Å². The lowest BCUT2D eigenvalue weighted by molar-refractivity contribution is 0.208. The van der Waals surface area contributed by atoms with Crippen molar-refractivity contribution in [2.45, 2.75) is 19.8 Å².